The predicted molar refractivity (Wildman–Crippen MR) is 150 cm³/mol. The van der Waals surface area contributed by atoms with Gasteiger partial charge in [-0.2, -0.15) is 5.10 Å². The highest BCUT2D eigenvalue weighted by Crippen LogP contribution is 2.40. The molecule has 3 aromatic rings. The van der Waals surface area contributed by atoms with Crippen LogP contribution in [0.15, 0.2) is 36.5 Å². The van der Waals surface area contributed by atoms with E-state index in [1.807, 2.05) is 46.9 Å². The molecular weight excluding hydrogens is 530 g/mol. The quantitative estimate of drug-likeness (QED) is 0.486. The third kappa shape index (κ3) is 5.81. The number of nitrogens with zero attached hydrogens (tertiary/aromatic N) is 6. The Kier molecular flexibility index (Phi) is 7.58. The summed E-state index contributed by atoms with van der Waals surface area (Å²) < 4.78 is 29.6. The average molecular weight is 567 g/mol. The van der Waals surface area contributed by atoms with Crippen molar-refractivity contribution in [3.63, 3.8) is 0 Å². The Bertz CT molecular complexity index is 1490. The van der Waals surface area contributed by atoms with Gasteiger partial charge in [0.05, 0.1) is 23.6 Å². The number of piperazine rings is 1. The molecule has 0 spiro atoms. The molecule has 1 fully saturated rings. The maximum absolute atomic E-state index is 14.4. The first-order chi connectivity index (χ1) is 19.3. The number of hydrogen-bond donors (Lipinski definition) is 1. The maximum Gasteiger partial charge on any atom is 0.407 e. The standard InChI is InChI=1S/C30H36F2N6O3/c1-18-8-23(35(5)34-18)12-24-15-37(29(40)41)19(2)14-36(24)16-27(39)38-17-30(3,4)28-26(38)10-20(13-33-28)9-21-6-7-22(31)11-25(21)32/h6-8,10-11,13,19,24H,9,12,14-17H2,1-5H3,(H,40,41)/t19-,24+/m1/s1. The van der Waals surface area contributed by atoms with Gasteiger partial charge in [0.1, 0.15) is 11.6 Å². The van der Waals surface area contributed by atoms with Crippen LogP contribution in [0.2, 0.25) is 0 Å². The van der Waals surface area contributed by atoms with Gasteiger partial charge in [0.15, 0.2) is 0 Å². The fourth-order valence-corrected chi connectivity index (χ4v) is 6.10. The number of aryl methyl sites for hydroxylation is 2. The van der Waals surface area contributed by atoms with Crippen LogP contribution in [-0.4, -0.2) is 79.9 Å². The zero-order valence-corrected chi connectivity index (χ0v) is 24.1. The van der Waals surface area contributed by atoms with Crippen LogP contribution in [0.5, 0.6) is 0 Å². The molecule has 0 unspecified atom stereocenters. The summed E-state index contributed by atoms with van der Waals surface area (Å²) in [6.07, 6.45) is 1.49. The Morgan fingerprint density at radius 1 is 1.15 bits per heavy atom. The maximum atomic E-state index is 14.4. The Morgan fingerprint density at radius 3 is 2.56 bits per heavy atom. The molecule has 0 saturated carbocycles. The smallest absolute Gasteiger partial charge is 0.407 e. The fourth-order valence-electron chi connectivity index (χ4n) is 6.10. The van der Waals surface area contributed by atoms with E-state index in [1.54, 1.807) is 15.8 Å². The molecule has 5 rings (SSSR count). The van der Waals surface area contributed by atoms with Crippen LogP contribution < -0.4 is 4.90 Å². The van der Waals surface area contributed by atoms with Crippen molar-refractivity contribution in [1.82, 2.24) is 24.6 Å². The van der Waals surface area contributed by atoms with Crippen molar-refractivity contribution in [3.8, 4) is 0 Å². The lowest BCUT2D eigenvalue weighted by Gasteiger charge is -2.44. The summed E-state index contributed by atoms with van der Waals surface area (Å²) in [5.74, 6) is -1.36. The van der Waals surface area contributed by atoms with Gasteiger partial charge in [0.25, 0.3) is 0 Å². The number of rotatable bonds is 6. The molecule has 2 aliphatic rings. The largest absolute Gasteiger partial charge is 0.465 e. The van der Waals surface area contributed by atoms with Crippen LogP contribution in [0.25, 0.3) is 0 Å². The monoisotopic (exact) mass is 566 g/mol. The summed E-state index contributed by atoms with van der Waals surface area (Å²) in [7, 11) is 1.86. The lowest BCUT2D eigenvalue weighted by molar-refractivity contribution is -0.121. The lowest BCUT2D eigenvalue weighted by Crippen LogP contribution is -2.61. The molecule has 1 saturated heterocycles. The number of anilines is 1. The Morgan fingerprint density at radius 2 is 1.90 bits per heavy atom. The highest BCUT2D eigenvalue weighted by Gasteiger charge is 2.42. The minimum absolute atomic E-state index is 0.106. The van der Waals surface area contributed by atoms with Crippen molar-refractivity contribution < 1.29 is 23.5 Å². The number of amides is 2. The first kappa shape index (κ1) is 28.7. The van der Waals surface area contributed by atoms with Gasteiger partial charge in [-0.1, -0.05) is 19.9 Å². The number of fused-ring (bicyclic) bond motifs is 1. The van der Waals surface area contributed by atoms with Crippen molar-refractivity contribution in [2.24, 2.45) is 7.05 Å². The summed E-state index contributed by atoms with van der Waals surface area (Å²) in [6.45, 7) is 9.10. The van der Waals surface area contributed by atoms with Crippen LogP contribution in [-0.2, 0) is 30.1 Å². The molecule has 9 nitrogen and oxygen atoms in total. The van der Waals surface area contributed by atoms with Crippen LogP contribution >= 0.6 is 0 Å². The van der Waals surface area contributed by atoms with Gasteiger partial charge in [-0.3, -0.25) is 19.4 Å². The van der Waals surface area contributed by atoms with E-state index in [9.17, 15) is 23.5 Å². The molecule has 0 radical (unpaired) electrons. The normalized spacial score (nSPS) is 20.4. The number of benzene rings is 1. The molecule has 2 aromatic heterocycles. The highest BCUT2D eigenvalue weighted by molar-refractivity contribution is 5.97. The van der Waals surface area contributed by atoms with Crippen molar-refractivity contribution in [2.45, 2.75) is 58.0 Å². The van der Waals surface area contributed by atoms with E-state index in [0.717, 1.165) is 28.7 Å². The second-order valence-electron chi connectivity index (χ2n) is 12.0. The van der Waals surface area contributed by atoms with E-state index in [-0.39, 0.29) is 42.9 Å². The van der Waals surface area contributed by atoms with Crippen LogP contribution in [0.3, 0.4) is 0 Å². The van der Waals surface area contributed by atoms with Crippen LogP contribution in [0.4, 0.5) is 19.3 Å². The molecular formula is C30H36F2N6O3. The second kappa shape index (κ2) is 10.8. The number of carbonyl (C=O) groups is 2. The Hall–Kier alpha value is -3.86. The molecule has 2 aliphatic heterocycles. The first-order valence-electron chi connectivity index (χ1n) is 13.8. The molecule has 11 heteroatoms. The Balaban J connectivity index is 1.39. The number of halogens is 2. The van der Waals surface area contributed by atoms with E-state index in [0.29, 0.717) is 30.8 Å². The van der Waals surface area contributed by atoms with Gasteiger partial charge in [-0.05, 0) is 43.2 Å². The van der Waals surface area contributed by atoms with E-state index < -0.39 is 17.7 Å². The molecule has 4 heterocycles. The third-order valence-corrected chi connectivity index (χ3v) is 8.20. The summed E-state index contributed by atoms with van der Waals surface area (Å²) in [5.41, 5.74) is 4.02. The number of hydrogen-bond acceptors (Lipinski definition) is 5. The number of carboxylic acid groups (broad SMARTS) is 1. The van der Waals surface area contributed by atoms with Crippen molar-refractivity contribution in [1.29, 1.82) is 0 Å². The summed E-state index contributed by atoms with van der Waals surface area (Å²) >= 11 is 0. The molecule has 1 N–H and O–H groups in total. The van der Waals surface area contributed by atoms with E-state index in [4.69, 9.17) is 0 Å². The van der Waals surface area contributed by atoms with Crippen molar-refractivity contribution in [2.75, 3.05) is 31.1 Å². The molecule has 218 valence electrons. The molecule has 2 amide bonds. The fraction of sp³-hybridized carbons (Fsp3) is 0.467. The molecule has 41 heavy (non-hydrogen) atoms. The molecule has 2 atom stereocenters. The lowest BCUT2D eigenvalue weighted by atomic mass is 9.91. The van der Waals surface area contributed by atoms with Gasteiger partial charge in [0, 0.05) is 75.0 Å². The number of pyridine rings is 1. The predicted octanol–water partition coefficient (Wildman–Crippen LogP) is 3.91. The van der Waals surface area contributed by atoms with Gasteiger partial charge < -0.3 is 14.9 Å². The van der Waals surface area contributed by atoms with Gasteiger partial charge in [-0.15, -0.1) is 0 Å². The SMILES string of the molecule is Cc1cc(C[C@H]2CN(C(=O)O)[C@H](C)CN2CC(=O)N2CC(C)(C)c3ncc(Cc4ccc(F)cc4F)cc32)n(C)n1. The minimum Gasteiger partial charge on any atom is -0.465 e. The molecule has 0 bridgehead atoms. The number of aromatic nitrogens is 3. The van der Waals surface area contributed by atoms with Crippen molar-refractivity contribution >= 4 is 17.7 Å². The molecule has 0 aliphatic carbocycles. The Labute approximate surface area is 238 Å². The zero-order chi connectivity index (χ0) is 29.6. The first-order valence-corrected chi connectivity index (χ1v) is 13.8. The van der Waals surface area contributed by atoms with Crippen LogP contribution in [0.1, 0.15) is 49.0 Å². The average Bonchev–Trinajstić information content (AvgIpc) is 3.35. The van der Waals surface area contributed by atoms with Gasteiger partial charge in [0.2, 0.25) is 5.91 Å². The number of carbonyl (C=O) groups excluding carboxylic acids is 1. The van der Waals surface area contributed by atoms with Crippen LogP contribution in [0, 0.1) is 18.6 Å². The van der Waals surface area contributed by atoms with Gasteiger partial charge >= 0.3 is 6.09 Å². The topological polar surface area (TPSA) is 94.8 Å². The molecule has 1 aromatic carbocycles. The van der Waals surface area contributed by atoms with E-state index in [1.165, 1.54) is 17.0 Å². The van der Waals surface area contributed by atoms with Crippen molar-refractivity contribution in [3.05, 3.63) is 76.4 Å². The minimum atomic E-state index is -0.971. The summed E-state index contributed by atoms with van der Waals surface area (Å²) in [6, 6.07) is 6.90. The second-order valence-corrected chi connectivity index (χ2v) is 12.0. The summed E-state index contributed by atoms with van der Waals surface area (Å²) in [5, 5.41) is 14.2. The summed E-state index contributed by atoms with van der Waals surface area (Å²) in [4.78, 5) is 35.8. The zero-order valence-electron chi connectivity index (χ0n) is 24.1. The van der Waals surface area contributed by atoms with E-state index >= 15 is 0 Å². The third-order valence-electron chi connectivity index (χ3n) is 8.20. The van der Waals surface area contributed by atoms with Gasteiger partial charge in [-0.25, -0.2) is 13.6 Å². The van der Waals surface area contributed by atoms with E-state index in [2.05, 4.69) is 15.0 Å². The highest BCUT2D eigenvalue weighted by atomic mass is 19.1.